The summed E-state index contributed by atoms with van der Waals surface area (Å²) in [6.45, 7) is -2.39. The number of hydrogen-bond acceptors (Lipinski definition) is 4. The molecule has 0 aliphatic rings. The summed E-state index contributed by atoms with van der Waals surface area (Å²) in [4.78, 5) is 11.9. The highest BCUT2D eigenvalue weighted by molar-refractivity contribution is 6.32. The van der Waals surface area contributed by atoms with E-state index in [4.69, 9.17) is 21.1 Å². The molecule has 0 unspecified atom stereocenters. The van der Waals surface area contributed by atoms with Crippen LogP contribution < -0.4 is 19.5 Å². The van der Waals surface area contributed by atoms with Gasteiger partial charge in [0.05, 0.1) is 25.2 Å². The molecule has 2 rings (SSSR count). The minimum atomic E-state index is -2.94. The fourth-order valence-corrected chi connectivity index (χ4v) is 2.51. The molecular formula is C19H20ClF2NO4. The van der Waals surface area contributed by atoms with E-state index < -0.39 is 6.61 Å². The maximum atomic E-state index is 12.4. The first-order valence-electron chi connectivity index (χ1n) is 8.25. The van der Waals surface area contributed by atoms with Gasteiger partial charge in [-0.2, -0.15) is 8.78 Å². The Kier molecular flexibility index (Phi) is 8.13. The Balaban J connectivity index is 1.75. The van der Waals surface area contributed by atoms with Crippen LogP contribution in [0.3, 0.4) is 0 Å². The molecule has 8 heteroatoms. The zero-order valence-corrected chi connectivity index (χ0v) is 15.5. The van der Waals surface area contributed by atoms with E-state index in [1.165, 1.54) is 13.2 Å². The number of halogens is 3. The molecule has 2 aromatic carbocycles. The summed E-state index contributed by atoms with van der Waals surface area (Å²) >= 11 is 5.97. The average molecular weight is 400 g/mol. The summed E-state index contributed by atoms with van der Waals surface area (Å²) in [6.07, 6.45) is 0.633. The van der Waals surface area contributed by atoms with Gasteiger partial charge >= 0.3 is 6.61 Å². The molecule has 0 aromatic heterocycles. The third kappa shape index (κ3) is 6.94. The lowest BCUT2D eigenvalue weighted by Gasteiger charge is -2.12. The van der Waals surface area contributed by atoms with Crippen LogP contribution in [0.1, 0.15) is 12.0 Å². The molecule has 1 N–H and O–H groups in total. The van der Waals surface area contributed by atoms with Crippen molar-refractivity contribution in [3.63, 3.8) is 0 Å². The summed E-state index contributed by atoms with van der Waals surface area (Å²) in [5.74, 6) is 0.528. The van der Waals surface area contributed by atoms with Gasteiger partial charge in [0.15, 0.2) is 11.5 Å². The van der Waals surface area contributed by atoms with E-state index in [9.17, 15) is 13.6 Å². The number of methoxy groups -OCH3 is 1. The van der Waals surface area contributed by atoms with E-state index in [-0.39, 0.29) is 30.4 Å². The Labute approximate surface area is 161 Å². The molecule has 0 bridgehead atoms. The monoisotopic (exact) mass is 399 g/mol. The largest absolute Gasteiger partial charge is 0.493 e. The SMILES string of the molecule is COc1ccc(CCNC(=O)CCOc2ccccc2Cl)cc1OC(F)F. The van der Waals surface area contributed by atoms with Crippen molar-refractivity contribution in [2.45, 2.75) is 19.5 Å². The van der Waals surface area contributed by atoms with Crippen molar-refractivity contribution in [2.75, 3.05) is 20.3 Å². The molecule has 0 fully saturated rings. The smallest absolute Gasteiger partial charge is 0.387 e. The molecule has 0 saturated heterocycles. The highest BCUT2D eigenvalue weighted by atomic mass is 35.5. The number of amides is 1. The second-order valence-electron chi connectivity index (χ2n) is 5.49. The Morgan fingerprint density at radius 3 is 2.63 bits per heavy atom. The van der Waals surface area contributed by atoms with Gasteiger partial charge in [-0.3, -0.25) is 4.79 Å². The van der Waals surface area contributed by atoms with Crippen LogP contribution in [0.4, 0.5) is 8.78 Å². The van der Waals surface area contributed by atoms with Crippen LogP contribution in [0, 0.1) is 0 Å². The molecule has 2 aromatic rings. The van der Waals surface area contributed by atoms with Gasteiger partial charge in [0.25, 0.3) is 0 Å². The molecule has 27 heavy (non-hydrogen) atoms. The molecule has 5 nitrogen and oxygen atoms in total. The van der Waals surface area contributed by atoms with Gasteiger partial charge in [-0.15, -0.1) is 0 Å². The fourth-order valence-electron chi connectivity index (χ4n) is 2.31. The predicted octanol–water partition coefficient (Wildman–Crippen LogP) is 4.08. The maximum absolute atomic E-state index is 12.4. The van der Waals surface area contributed by atoms with Gasteiger partial charge in [0.1, 0.15) is 5.75 Å². The normalized spacial score (nSPS) is 10.6. The Bertz CT molecular complexity index is 758. The Morgan fingerprint density at radius 2 is 1.93 bits per heavy atom. The standard InChI is InChI=1S/C19H20ClF2NO4/c1-25-16-7-6-13(12-17(16)27-19(21)22)8-10-23-18(24)9-11-26-15-5-3-2-4-14(15)20/h2-7,12,19H,8-11H2,1H3,(H,23,24). The van der Waals surface area contributed by atoms with E-state index >= 15 is 0 Å². The second-order valence-corrected chi connectivity index (χ2v) is 5.90. The lowest BCUT2D eigenvalue weighted by Crippen LogP contribution is -2.27. The number of benzene rings is 2. The third-order valence-electron chi connectivity index (χ3n) is 3.60. The van der Waals surface area contributed by atoms with Crippen LogP contribution in [0.5, 0.6) is 17.2 Å². The molecule has 0 spiro atoms. The lowest BCUT2D eigenvalue weighted by atomic mass is 10.1. The molecule has 0 heterocycles. The van der Waals surface area contributed by atoms with E-state index in [1.807, 2.05) is 0 Å². The molecule has 0 saturated carbocycles. The number of carbonyl (C=O) groups excluding carboxylic acids is 1. The zero-order chi connectivity index (χ0) is 19.6. The lowest BCUT2D eigenvalue weighted by molar-refractivity contribution is -0.121. The quantitative estimate of drug-likeness (QED) is 0.654. The van der Waals surface area contributed by atoms with Crippen LogP contribution in [-0.4, -0.2) is 32.8 Å². The number of rotatable bonds is 10. The van der Waals surface area contributed by atoms with Crippen LogP contribution in [0.25, 0.3) is 0 Å². The highest BCUT2D eigenvalue weighted by Crippen LogP contribution is 2.29. The van der Waals surface area contributed by atoms with E-state index in [1.54, 1.807) is 36.4 Å². The fraction of sp³-hybridized carbons (Fsp3) is 0.316. The van der Waals surface area contributed by atoms with Crippen molar-refractivity contribution in [3.8, 4) is 17.2 Å². The number of hydrogen-bond donors (Lipinski definition) is 1. The maximum Gasteiger partial charge on any atom is 0.387 e. The third-order valence-corrected chi connectivity index (χ3v) is 3.92. The summed E-state index contributed by atoms with van der Waals surface area (Å²) in [7, 11) is 1.37. The van der Waals surface area contributed by atoms with Crippen molar-refractivity contribution in [1.29, 1.82) is 0 Å². The van der Waals surface area contributed by atoms with E-state index in [0.29, 0.717) is 23.7 Å². The van der Waals surface area contributed by atoms with Crippen LogP contribution >= 0.6 is 11.6 Å². The minimum absolute atomic E-state index is 0.0375. The molecule has 0 atom stereocenters. The van der Waals surface area contributed by atoms with E-state index in [2.05, 4.69) is 10.1 Å². The summed E-state index contributed by atoms with van der Waals surface area (Å²) in [5, 5.41) is 3.23. The Hall–Kier alpha value is -2.54. The first kappa shape index (κ1) is 20.8. The first-order valence-corrected chi connectivity index (χ1v) is 8.63. The molecule has 146 valence electrons. The number of alkyl halides is 2. The molecule has 0 aliphatic carbocycles. The molecule has 0 radical (unpaired) electrons. The van der Waals surface area contributed by atoms with Gasteiger partial charge in [-0.1, -0.05) is 29.8 Å². The molecular weight excluding hydrogens is 380 g/mol. The molecule has 0 aliphatic heterocycles. The number of nitrogens with one attached hydrogen (secondary N) is 1. The van der Waals surface area contributed by atoms with Gasteiger partial charge < -0.3 is 19.5 Å². The van der Waals surface area contributed by atoms with Gasteiger partial charge in [-0.25, -0.2) is 0 Å². The topological polar surface area (TPSA) is 56.8 Å². The Morgan fingerprint density at radius 1 is 1.15 bits per heavy atom. The van der Waals surface area contributed by atoms with E-state index in [0.717, 1.165) is 5.56 Å². The van der Waals surface area contributed by atoms with Crippen molar-refractivity contribution in [1.82, 2.24) is 5.32 Å². The zero-order valence-electron chi connectivity index (χ0n) is 14.7. The van der Waals surface area contributed by atoms with Crippen LogP contribution in [0.15, 0.2) is 42.5 Å². The summed E-state index contributed by atoms with van der Waals surface area (Å²) in [6, 6.07) is 11.8. The number of ether oxygens (including phenoxy) is 3. The second kappa shape index (κ2) is 10.6. The van der Waals surface area contributed by atoms with Crippen molar-refractivity contribution in [3.05, 3.63) is 53.1 Å². The van der Waals surface area contributed by atoms with Crippen molar-refractivity contribution >= 4 is 17.5 Å². The molecule has 1 amide bonds. The summed E-state index contributed by atoms with van der Waals surface area (Å²) in [5.41, 5.74) is 0.735. The minimum Gasteiger partial charge on any atom is -0.493 e. The first-order chi connectivity index (χ1) is 13.0. The van der Waals surface area contributed by atoms with Crippen molar-refractivity contribution < 1.29 is 27.8 Å². The van der Waals surface area contributed by atoms with Gasteiger partial charge in [0, 0.05) is 6.54 Å². The predicted molar refractivity (Wildman–Crippen MR) is 97.9 cm³/mol. The number of para-hydroxylation sites is 1. The van der Waals surface area contributed by atoms with Crippen LogP contribution in [-0.2, 0) is 11.2 Å². The van der Waals surface area contributed by atoms with Gasteiger partial charge in [0.2, 0.25) is 5.91 Å². The summed E-state index contributed by atoms with van der Waals surface area (Å²) < 4.78 is 39.7. The van der Waals surface area contributed by atoms with Gasteiger partial charge in [-0.05, 0) is 36.2 Å². The highest BCUT2D eigenvalue weighted by Gasteiger charge is 2.11. The average Bonchev–Trinajstić information content (AvgIpc) is 2.63. The van der Waals surface area contributed by atoms with Crippen molar-refractivity contribution in [2.24, 2.45) is 0 Å². The van der Waals surface area contributed by atoms with Crippen LogP contribution in [0.2, 0.25) is 5.02 Å². The number of carbonyl (C=O) groups is 1.